The van der Waals surface area contributed by atoms with E-state index in [0.29, 0.717) is 4.90 Å². The highest BCUT2D eigenvalue weighted by molar-refractivity contribution is 8.13. The van der Waals surface area contributed by atoms with Gasteiger partial charge >= 0.3 is 5.97 Å². The van der Waals surface area contributed by atoms with Crippen LogP contribution in [0.15, 0.2) is 29.2 Å². The molecule has 74 valence electrons. The Balaban J connectivity index is 2.95. The smallest absolute Gasteiger partial charge is 0.336 e. The molecule has 0 unspecified atom stereocenters. The Morgan fingerprint density at radius 2 is 2.00 bits per heavy atom. The van der Waals surface area contributed by atoms with Gasteiger partial charge in [-0.05, 0) is 23.9 Å². The third-order valence-electron chi connectivity index (χ3n) is 1.52. The summed E-state index contributed by atoms with van der Waals surface area (Å²) >= 11 is 0.868. The highest BCUT2D eigenvalue weighted by atomic mass is 32.2. The molecular formula is C9H9NO3S. The number of carbonyl (C=O) groups excluding carboxylic acids is 1. The van der Waals surface area contributed by atoms with Crippen molar-refractivity contribution in [1.82, 2.24) is 5.32 Å². The normalized spacial score (nSPS) is 9.50. The van der Waals surface area contributed by atoms with Gasteiger partial charge in [0, 0.05) is 11.9 Å². The van der Waals surface area contributed by atoms with Gasteiger partial charge in [0.2, 0.25) is 0 Å². The number of thioether (sulfide) groups is 1. The molecule has 0 aliphatic carbocycles. The molecule has 0 spiro atoms. The van der Waals surface area contributed by atoms with E-state index in [0.717, 1.165) is 11.8 Å². The number of carbonyl (C=O) groups is 2. The van der Waals surface area contributed by atoms with E-state index >= 15 is 0 Å². The van der Waals surface area contributed by atoms with E-state index in [2.05, 4.69) is 5.32 Å². The number of rotatable bonds is 2. The zero-order valence-corrected chi connectivity index (χ0v) is 8.30. The fourth-order valence-corrected chi connectivity index (χ4v) is 1.60. The maximum Gasteiger partial charge on any atom is 0.336 e. The van der Waals surface area contributed by atoms with Gasteiger partial charge in [-0.1, -0.05) is 12.1 Å². The van der Waals surface area contributed by atoms with Crippen molar-refractivity contribution in [3.05, 3.63) is 29.8 Å². The Hall–Kier alpha value is -1.49. The predicted molar refractivity (Wildman–Crippen MR) is 53.7 cm³/mol. The first kappa shape index (κ1) is 10.6. The van der Waals surface area contributed by atoms with Crippen molar-refractivity contribution in [3.8, 4) is 0 Å². The predicted octanol–water partition coefficient (Wildman–Crippen LogP) is 1.82. The summed E-state index contributed by atoms with van der Waals surface area (Å²) in [5, 5.41) is 10.9. The van der Waals surface area contributed by atoms with Gasteiger partial charge in [0.25, 0.3) is 5.24 Å². The number of hydrogen-bond donors (Lipinski definition) is 2. The van der Waals surface area contributed by atoms with E-state index in [1.807, 2.05) is 0 Å². The number of nitrogens with one attached hydrogen (secondary N) is 1. The van der Waals surface area contributed by atoms with E-state index in [-0.39, 0.29) is 10.8 Å². The van der Waals surface area contributed by atoms with Crippen LogP contribution in [0.25, 0.3) is 0 Å². The first-order chi connectivity index (χ1) is 6.65. The number of aromatic carboxylic acids is 1. The summed E-state index contributed by atoms with van der Waals surface area (Å²) in [5.41, 5.74) is 0.140. The lowest BCUT2D eigenvalue weighted by Gasteiger charge is -2.03. The Morgan fingerprint density at radius 1 is 1.36 bits per heavy atom. The quantitative estimate of drug-likeness (QED) is 0.732. The van der Waals surface area contributed by atoms with E-state index in [1.54, 1.807) is 18.2 Å². The molecule has 4 nitrogen and oxygen atoms in total. The standard InChI is InChI=1S/C9H9NO3S/c1-10-9(13)14-7-5-3-2-4-6(7)8(11)12/h2-5H,1H3,(H,10,13)(H,11,12). The second-order valence-corrected chi connectivity index (χ2v) is 3.46. The van der Waals surface area contributed by atoms with Gasteiger partial charge in [-0.15, -0.1) is 0 Å². The average molecular weight is 211 g/mol. The first-order valence-electron chi connectivity index (χ1n) is 3.87. The maximum absolute atomic E-state index is 11.0. The molecule has 5 heteroatoms. The van der Waals surface area contributed by atoms with Gasteiger partial charge in [-0.25, -0.2) is 4.79 Å². The minimum atomic E-state index is -1.03. The second-order valence-electron chi connectivity index (χ2n) is 2.44. The van der Waals surface area contributed by atoms with Crippen LogP contribution >= 0.6 is 11.8 Å². The molecule has 14 heavy (non-hydrogen) atoms. The van der Waals surface area contributed by atoms with Crippen LogP contribution in [0.4, 0.5) is 4.79 Å². The summed E-state index contributed by atoms with van der Waals surface area (Å²) in [6.07, 6.45) is 0. The molecular weight excluding hydrogens is 202 g/mol. The number of carboxylic acids is 1. The third kappa shape index (κ3) is 2.50. The Morgan fingerprint density at radius 3 is 2.57 bits per heavy atom. The van der Waals surface area contributed by atoms with Crippen molar-refractivity contribution in [2.45, 2.75) is 4.90 Å². The van der Waals surface area contributed by atoms with E-state index in [1.165, 1.54) is 13.1 Å². The lowest BCUT2D eigenvalue weighted by molar-refractivity contribution is 0.0693. The monoisotopic (exact) mass is 211 g/mol. The molecule has 1 aromatic carbocycles. The van der Waals surface area contributed by atoms with Crippen molar-refractivity contribution >= 4 is 23.0 Å². The molecule has 0 atom stereocenters. The van der Waals surface area contributed by atoms with Crippen molar-refractivity contribution < 1.29 is 14.7 Å². The largest absolute Gasteiger partial charge is 0.478 e. The number of amides is 1. The maximum atomic E-state index is 11.0. The first-order valence-corrected chi connectivity index (χ1v) is 4.68. The highest BCUT2D eigenvalue weighted by Gasteiger charge is 2.11. The topological polar surface area (TPSA) is 66.4 Å². The van der Waals surface area contributed by atoms with Gasteiger partial charge in [0.05, 0.1) is 5.56 Å². The molecule has 1 aromatic rings. The van der Waals surface area contributed by atoms with Crippen LogP contribution in [0.3, 0.4) is 0 Å². The van der Waals surface area contributed by atoms with Crippen molar-refractivity contribution in [2.75, 3.05) is 7.05 Å². The van der Waals surface area contributed by atoms with Gasteiger partial charge in [-0.3, -0.25) is 4.79 Å². The van der Waals surface area contributed by atoms with Crippen LogP contribution in [0.2, 0.25) is 0 Å². The van der Waals surface area contributed by atoms with Crippen LogP contribution in [0.1, 0.15) is 10.4 Å². The van der Waals surface area contributed by atoms with Gasteiger partial charge in [0.1, 0.15) is 0 Å². The second kappa shape index (κ2) is 4.66. The summed E-state index contributed by atoms with van der Waals surface area (Å²) in [6, 6.07) is 6.38. The summed E-state index contributed by atoms with van der Waals surface area (Å²) in [5.74, 6) is -1.03. The molecule has 1 rings (SSSR count). The summed E-state index contributed by atoms with van der Waals surface area (Å²) in [4.78, 5) is 22.2. The minimum absolute atomic E-state index is 0.140. The Bertz CT molecular complexity index is 365. The average Bonchev–Trinajstić information content (AvgIpc) is 2.18. The molecule has 2 N–H and O–H groups in total. The van der Waals surface area contributed by atoms with Crippen LogP contribution in [-0.2, 0) is 0 Å². The molecule has 0 heterocycles. The van der Waals surface area contributed by atoms with Gasteiger partial charge in [0.15, 0.2) is 0 Å². The Labute approximate surface area is 85.3 Å². The molecule has 0 aliphatic rings. The number of benzene rings is 1. The van der Waals surface area contributed by atoms with Crippen LogP contribution < -0.4 is 5.32 Å². The van der Waals surface area contributed by atoms with E-state index in [4.69, 9.17) is 5.11 Å². The van der Waals surface area contributed by atoms with Crippen LogP contribution in [0, 0.1) is 0 Å². The van der Waals surface area contributed by atoms with Gasteiger partial charge < -0.3 is 10.4 Å². The van der Waals surface area contributed by atoms with Crippen molar-refractivity contribution in [2.24, 2.45) is 0 Å². The molecule has 1 amide bonds. The van der Waals surface area contributed by atoms with E-state index in [9.17, 15) is 9.59 Å². The summed E-state index contributed by atoms with van der Waals surface area (Å²) in [6.45, 7) is 0. The molecule has 0 aliphatic heterocycles. The minimum Gasteiger partial charge on any atom is -0.478 e. The van der Waals surface area contributed by atoms with Crippen molar-refractivity contribution in [1.29, 1.82) is 0 Å². The fraction of sp³-hybridized carbons (Fsp3) is 0.111. The summed E-state index contributed by atoms with van der Waals surface area (Å²) < 4.78 is 0. The lowest BCUT2D eigenvalue weighted by Crippen LogP contribution is -2.11. The van der Waals surface area contributed by atoms with E-state index < -0.39 is 5.97 Å². The molecule has 0 aromatic heterocycles. The summed E-state index contributed by atoms with van der Waals surface area (Å²) in [7, 11) is 1.50. The highest BCUT2D eigenvalue weighted by Crippen LogP contribution is 2.22. The zero-order chi connectivity index (χ0) is 10.6. The molecule has 0 fully saturated rings. The SMILES string of the molecule is CNC(=O)Sc1ccccc1C(=O)O. The molecule has 0 saturated heterocycles. The number of hydrogen-bond acceptors (Lipinski definition) is 3. The molecule has 0 saturated carbocycles. The zero-order valence-electron chi connectivity index (χ0n) is 7.48. The fourth-order valence-electron chi connectivity index (χ4n) is 0.883. The van der Waals surface area contributed by atoms with Gasteiger partial charge in [-0.2, -0.15) is 0 Å². The van der Waals surface area contributed by atoms with Crippen molar-refractivity contribution in [3.63, 3.8) is 0 Å². The lowest BCUT2D eigenvalue weighted by atomic mass is 10.2. The third-order valence-corrected chi connectivity index (χ3v) is 2.49. The Kier molecular flexibility index (Phi) is 3.53. The molecule has 0 radical (unpaired) electrons. The number of carboxylic acid groups (broad SMARTS) is 1. The van der Waals surface area contributed by atoms with Crippen LogP contribution in [0.5, 0.6) is 0 Å². The molecule has 0 bridgehead atoms. The van der Waals surface area contributed by atoms with Crippen LogP contribution in [-0.4, -0.2) is 23.4 Å².